The van der Waals surface area contributed by atoms with Crippen LogP contribution in [0.2, 0.25) is 0 Å². The number of thiocarbonyl (C=S) groups is 1. The van der Waals surface area contributed by atoms with E-state index in [1.807, 2.05) is 0 Å². The summed E-state index contributed by atoms with van der Waals surface area (Å²) in [7, 11) is 1.45. The summed E-state index contributed by atoms with van der Waals surface area (Å²) in [5.74, 6) is 1.04. The molecule has 2 aliphatic rings. The highest BCUT2D eigenvalue weighted by molar-refractivity contribution is 7.80. The van der Waals surface area contributed by atoms with Crippen molar-refractivity contribution < 1.29 is 9.53 Å². The molecule has 0 saturated carbocycles. The van der Waals surface area contributed by atoms with E-state index in [0.29, 0.717) is 17.4 Å². The number of rotatable bonds is 2. The first-order chi connectivity index (χ1) is 11.5. The van der Waals surface area contributed by atoms with Crippen LogP contribution in [0.3, 0.4) is 0 Å². The van der Waals surface area contributed by atoms with E-state index in [4.69, 9.17) is 17.0 Å². The van der Waals surface area contributed by atoms with E-state index >= 15 is 0 Å². The molecule has 1 aromatic rings. The molecule has 3 rings (SSSR count). The van der Waals surface area contributed by atoms with E-state index in [1.165, 1.54) is 30.4 Å². The zero-order chi connectivity index (χ0) is 17.3. The van der Waals surface area contributed by atoms with Gasteiger partial charge in [0.05, 0.1) is 12.7 Å². The zero-order valence-electron chi connectivity index (χ0n) is 14.7. The molecule has 6 heteroatoms. The van der Waals surface area contributed by atoms with Gasteiger partial charge in [0.2, 0.25) is 0 Å². The van der Waals surface area contributed by atoms with E-state index < -0.39 is 0 Å². The van der Waals surface area contributed by atoms with Crippen LogP contribution >= 0.6 is 23.6 Å². The van der Waals surface area contributed by atoms with Gasteiger partial charge in [-0.2, -0.15) is 0 Å². The van der Waals surface area contributed by atoms with Gasteiger partial charge in [-0.15, -0.1) is 11.3 Å². The number of nitrogens with zero attached hydrogens (tertiary/aromatic N) is 1. The number of aryl methyl sites for hydroxylation is 1. The number of methoxy groups -OCH3 is 1. The third-order valence-corrected chi connectivity index (χ3v) is 6.50. The predicted molar refractivity (Wildman–Crippen MR) is 103 cm³/mol. The molecule has 1 saturated heterocycles. The first kappa shape index (κ1) is 17.7. The number of esters is 1. The number of hydrogen-bond acceptors (Lipinski definition) is 4. The summed E-state index contributed by atoms with van der Waals surface area (Å²) in [5, 5.41) is 4.97. The molecule has 2 atom stereocenters. The van der Waals surface area contributed by atoms with Crippen LogP contribution in [-0.4, -0.2) is 36.2 Å². The summed E-state index contributed by atoms with van der Waals surface area (Å²) in [5.41, 5.74) is 1.88. The van der Waals surface area contributed by atoms with Crippen molar-refractivity contribution in [3.63, 3.8) is 0 Å². The second-order valence-electron chi connectivity index (χ2n) is 7.19. The van der Waals surface area contributed by atoms with Gasteiger partial charge < -0.3 is 15.0 Å². The Hall–Kier alpha value is -1.14. The SMILES string of the molecule is COC(=O)c1c(NC(=S)N2C[C@H](C)C[C@@H](C)C2)sc2c1CCCC2. The Bertz CT molecular complexity index is 631. The van der Waals surface area contributed by atoms with Crippen LogP contribution < -0.4 is 5.32 Å². The highest BCUT2D eigenvalue weighted by atomic mass is 32.1. The second kappa shape index (κ2) is 7.40. The van der Waals surface area contributed by atoms with Crippen molar-refractivity contribution in [3.8, 4) is 0 Å². The Labute approximate surface area is 153 Å². The molecule has 1 aliphatic heterocycles. The quantitative estimate of drug-likeness (QED) is 0.631. The number of carbonyl (C=O) groups is 1. The highest BCUT2D eigenvalue weighted by Gasteiger charge is 2.28. The fourth-order valence-corrected chi connectivity index (χ4v) is 5.57. The van der Waals surface area contributed by atoms with Crippen LogP contribution in [0.4, 0.5) is 5.00 Å². The Morgan fingerprint density at radius 3 is 2.58 bits per heavy atom. The molecule has 2 heterocycles. The van der Waals surface area contributed by atoms with Crippen LogP contribution in [0.5, 0.6) is 0 Å². The van der Waals surface area contributed by atoms with Crippen molar-refractivity contribution in [3.05, 3.63) is 16.0 Å². The van der Waals surface area contributed by atoms with Gasteiger partial charge in [0.1, 0.15) is 5.00 Å². The Morgan fingerprint density at radius 1 is 1.25 bits per heavy atom. The number of likely N-dealkylation sites (tertiary alicyclic amines) is 1. The number of carbonyl (C=O) groups excluding carboxylic acids is 1. The van der Waals surface area contributed by atoms with Gasteiger partial charge in [-0.1, -0.05) is 13.8 Å². The Balaban J connectivity index is 1.82. The molecule has 0 spiro atoms. The van der Waals surface area contributed by atoms with Gasteiger partial charge in [-0.3, -0.25) is 0 Å². The molecule has 1 fully saturated rings. The smallest absolute Gasteiger partial charge is 0.341 e. The molecule has 0 unspecified atom stereocenters. The summed E-state index contributed by atoms with van der Waals surface area (Å²) in [4.78, 5) is 15.9. The summed E-state index contributed by atoms with van der Waals surface area (Å²) in [6, 6.07) is 0. The average molecular weight is 367 g/mol. The summed E-state index contributed by atoms with van der Waals surface area (Å²) >= 11 is 7.33. The molecule has 0 amide bonds. The number of piperidine rings is 1. The van der Waals surface area contributed by atoms with E-state index in [0.717, 1.165) is 42.5 Å². The fourth-order valence-electron chi connectivity index (χ4n) is 3.98. The van der Waals surface area contributed by atoms with E-state index in [9.17, 15) is 4.79 Å². The molecule has 1 N–H and O–H groups in total. The minimum absolute atomic E-state index is 0.250. The molecule has 0 bridgehead atoms. The van der Waals surface area contributed by atoms with Gasteiger partial charge in [0, 0.05) is 18.0 Å². The number of thiophene rings is 1. The van der Waals surface area contributed by atoms with E-state index in [1.54, 1.807) is 11.3 Å². The summed E-state index contributed by atoms with van der Waals surface area (Å²) in [6.07, 6.45) is 5.59. The van der Waals surface area contributed by atoms with Crippen molar-refractivity contribution in [2.24, 2.45) is 11.8 Å². The third-order valence-electron chi connectivity index (χ3n) is 4.94. The van der Waals surface area contributed by atoms with Crippen molar-refractivity contribution in [2.45, 2.75) is 46.0 Å². The van der Waals surface area contributed by atoms with Crippen molar-refractivity contribution in [1.82, 2.24) is 4.90 Å². The van der Waals surface area contributed by atoms with Gasteiger partial charge >= 0.3 is 5.97 Å². The molecule has 24 heavy (non-hydrogen) atoms. The van der Waals surface area contributed by atoms with Crippen LogP contribution in [0.15, 0.2) is 0 Å². The second-order valence-corrected chi connectivity index (χ2v) is 8.68. The standard InChI is InChI=1S/C18H26N2O2S2/c1-11-8-12(2)10-20(9-11)18(23)19-16-15(17(21)22-3)13-6-4-5-7-14(13)24-16/h11-12H,4-10H2,1-3H3,(H,19,23)/t11-,12-/m1/s1. The molecule has 4 nitrogen and oxygen atoms in total. The minimum Gasteiger partial charge on any atom is -0.465 e. The average Bonchev–Trinajstić information content (AvgIpc) is 2.91. The van der Waals surface area contributed by atoms with E-state index in [2.05, 4.69) is 24.1 Å². The number of fused-ring (bicyclic) bond motifs is 1. The maximum Gasteiger partial charge on any atom is 0.341 e. The molecular formula is C18H26N2O2S2. The lowest BCUT2D eigenvalue weighted by atomic mass is 9.92. The van der Waals surface area contributed by atoms with Crippen molar-refractivity contribution >= 4 is 39.6 Å². The normalized spacial score (nSPS) is 23.5. The number of nitrogens with one attached hydrogen (secondary N) is 1. The molecule has 0 radical (unpaired) electrons. The van der Waals surface area contributed by atoms with Gasteiger partial charge in [0.15, 0.2) is 5.11 Å². The molecule has 1 aromatic heterocycles. The Kier molecular flexibility index (Phi) is 5.45. The molecule has 1 aliphatic carbocycles. The predicted octanol–water partition coefficient (Wildman–Crippen LogP) is 4.09. The zero-order valence-corrected chi connectivity index (χ0v) is 16.3. The maximum absolute atomic E-state index is 12.3. The van der Waals surface area contributed by atoms with Crippen LogP contribution in [-0.2, 0) is 17.6 Å². The topological polar surface area (TPSA) is 41.6 Å². The van der Waals surface area contributed by atoms with Crippen molar-refractivity contribution in [2.75, 3.05) is 25.5 Å². The van der Waals surface area contributed by atoms with E-state index in [-0.39, 0.29) is 5.97 Å². The van der Waals surface area contributed by atoms with Crippen LogP contribution in [0, 0.1) is 11.8 Å². The lowest BCUT2D eigenvalue weighted by Crippen LogP contribution is -2.44. The van der Waals surface area contributed by atoms with Gasteiger partial charge in [0.25, 0.3) is 0 Å². The lowest BCUT2D eigenvalue weighted by molar-refractivity contribution is 0.0601. The third kappa shape index (κ3) is 3.59. The number of anilines is 1. The van der Waals surface area contributed by atoms with Crippen molar-refractivity contribution in [1.29, 1.82) is 0 Å². The number of hydrogen-bond donors (Lipinski definition) is 1. The molecule has 132 valence electrons. The highest BCUT2D eigenvalue weighted by Crippen LogP contribution is 2.38. The minimum atomic E-state index is -0.250. The molecular weight excluding hydrogens is 340 g/mol. The lowest BCUT2D eigenvalue weighted by Gasteiger charge is -2.36. The Morgan fingerprint density at radius 2 is 1.92 bits per heavy atom. The van der Waals surface area contributed by atoms with Gasteiger partial charge in [-0.25, -0.2) is 4.79 Å². The van der Waals surface area contributed by atoms with Crippen LogP contribution in [0.1, 0.15) is 53.9 Å². The van der Waals surface area contributed by atoms with Gasteiger partial charge in [-0.05, 0) is 61.7 Å². The first-order valence-electron chi connectivity index (χ1n) is 8.78. The largest absolute Gasteiger partial charge is 0.465 e. The number of ether oxygens (including phenoxy) is 1. The fraction of sp³-hybridized carbons (Fsp3) is 0.667. The van der Waals surface area contributed by atoms with Crippen LogP contribution in [0.25, 0.3) is 0 Å². The summed E-state index contributed by atoms with van der Waals surface area (Å²) in [6.45, 7) is 6.51. The maximum atomic E-state index is 12.3. The summed E-state index contributed by atoms with van der Waals surface area (Å²) < 4.78 is 5.03. The monoisotopic (exact) mass is 366 g/mol. The first-order valence-corrected chi connectivity index (χ1v) is 10.0. The molecule has 0 aromatic carbocycles.